The molecule has 0 saturated heterocycles. The van der Waals surface area contributed by atoms with Gasteiger partial charge in [-0.3, -0.25) is 4.79 Å². The van der Waals surface area contributed by atoms with E-state index in [2.05, 4.69) is 9.97 Å². The molecule has 0 amide bonds. The molecule has 2 aromatic heterocycles. The molecule has 0 aliphatic rings. The molecule has 0 spiro atoms. The molecular weight excluding hydrogens is 292 g/mol. The van der Waals surface area contributed by atoms with Gasteiger partial charge in [0, 0.05) is 23.3 Å². The first-order chi connectivity index (χ1) is 9.98. The van der Waals surface area contributed by atoms with Gasteiger partial charge in [-0.1, -0.05) is 30.3 Å². The second-order valence-corrected chi connectivity index (χ2v) is 5.76. The van der Waals surface area contributed by atoms with Crippen molar-refractivity contribution in [2.75, 3.05) is 0 Å². The first-order valence-corrected chi connectivity index (χ1v) is 7.43. The molecule has 0 atom stereocenters. The van der Waals surface area contributed by atoms with E-state index in [1.807, 2.05) is 0 Å². The van der Waals surface area contributed by atoms with Crippen molar-refractivity contribution in [3.8, 4) is 0 Å². The molecule has 0 radical (unpaired) electrons. The van der Waals surface area contributed by atoms with E-state index in [1.165, 1.54) is 18.7 Å². The molecule has 106 valence electrons. The molecule has 3 rings (SSSR count). The van der Waals surface area contributed by atoms with Crippen molar-refractivity contribution in [1.29, 1.82) is 0 Å². The molecule has 2 heterocycles. The predicted molar refractivity (Wildman–Crippen MR) is 75.9 cm³/mol. The summed E-state index contributed by atoms with van der Waals surface area (Å²) in [5, 5.41) is 5.47. The molecule has 21 heavy (non-hydrogen) atoms. The highest BCUT2D eigenvalue weighted by atomic mass is 32.2. The Bertz CT molecular complexity index is 932. The number of ketones is 1. The lowest BCUT2D eigenvalue weighted by molar-refractivity contribution is 0.104. The van der Waals surface area contributed by atoms with Crippen LogP contribution in [0.3, 0.4) is 0 Å². The second kappa shape index (κ2) is 4.76. The maximum absolute atomic E-state index is 12.5. The lowest BCUT2D eigenvalue weighted by Crippen LogP contribution is -2.21. The van der Waals surface area contributed by atoms with Crippen LogP contribution in [0, 0.1) is 0 Å². The van der Waals surface area contributed by atoms with Crippen molar-refractivity contribution in [2.45, 2.75) is 0 Å². The second-order valence-electron chi connectivity index (χ2n) is 4.34. The van der Waals surface area contributed by atoms with Crippen molar-refractivity contribution in [3.63, 3.8) is 0 Å². The molecular formula is C13H10N4O3S. The quantitative estimate of drug-likeness (QED) is 0.717. The molecule has 0 bridgehead atoms. The number of rotatable bonds is 3. The van der Waals surface area contributed by atoms with Crippen molar-refractivity contribution in [3.05, 3.63) is 60.2 Å². The van der Waals surface area contributed by atoms with Crippen LogP contribution >= 0.6 is 0 Å². The molecule has 0 aliphatic heterocycles. The molecule has 0 aliphatic carbocycles. The summed E-state index contributed by atoms with van der Waals surface area (Å²) in [6.45, 7) is 0. The van der Waals surface area contributed by atoms with E-state index >= 15 is 0 Å². The van der Waals surface area contributed by atoms with Crippen molar-refractivity contribution >= 4 is 27.0 Å². The van der Waals surface area contributed by atoms with Gasteiger partial charge in [-0.2, -0.15) is 8.42 Å². The third-order valence-corrected chi connectivity index (χ3v) is 3.82. The summed E-state index contributed by atoms with van der Waals surface area (Å²) in [5.41, 5.74) is 0.701. The average molecular weight is 302 g/mol. The van der Waals surface area contributed by atoms with Gasteiger partial charge in [0.2, 0.25) is 0 Å². The lowest BCUT2D eigenvalue weighted by Gasteiger charge is -1.98. The maximum atomic E-state index is 12.5. The molecule has 0 fully saturated rings. The zero-order valence-corrected chi connectivity index (χ0v) is 11.5. The Morgan fingerprint density at radius 2 is 1.90 bits per heavy atom. The molecule has 3 aromatic rings. The van der Waals surface area contributed by atoms with Crippen molar-refractivity contribution < 1.29 is 13.2 Å². The van der Waals surface area contributed by atoms with E-state index in [0.29, 0.717) is 10.9 Å². The molecule has 0 unspecified atom stereocenters. The van der Waals surface area contributed by atoms with Crippen LogP contribution in [0.4, 0.5) is 0 Å². The standard InChI is InChI=1S/C13H10N4O3S/c14-21(19,20)17-7-11(10-6-15-8-16-13(10)17)12(18)9-4-2-1-3-5-9/h1-8H,(H2,14,19,20). The summed E-state index contributed by atoms with van der Waals surface area (Å²) >= 11 is 0. The van der Waals surface area contributed by atoms with E-state index in [9.17, 15) is 13.2 Å². The Morgan fingerprint density at radius 3 is 2.57 bits per heavy atom. The van der Waals surface area contributed by atoms with E-state index in [-0.39, 0.29) is 17.0 Å². The van der Waals surface area contributed by atoms with Crippen LogP contribution in [0.15, 0.2) is 49.1 Å². The fraction of sp³-hybridized carbons (Fsp3) is 0. The minimum absolute atomic E-state index is 0.0757. The first kappa shape index (κ1) is 13.4. The number of carbonyl (C=O) groups is 1. The normalized spacial score (nSPS) is 11.7. The fourth-order valence-corrected chi connectivity index (χ4v) is 2.70. The highest BCUT2D eigenvalue weighted by molar-refractivity contribution is 7.87. The van der Waals surface area contributed by atoms with E-state index in [4.69, 9.17) is 5.14 Å². The Kier molecular flexibility index (Phi) is 3.04. The topological polar surface area (TPSA) is 108 Å². The smallest absolute Gasteiger partial charge is 0.289 e. The summed E-state index contributed by atoms with van der Waals surface area (Å²) in [7, 11) is -4.05. The van der Waals surface area contributed by atoms with Crippen molar-refractivity contribution in [1.82, 2.24) is 13.9 Å². The summed E-state index contributed by atoms with van der Waals surface area (Å²) in [5.74, 6) is -0.321. The average Bonchev–Trinajstić information content (AvgIpc) is 2.87. The lowest BCUT2D eigenvalue weighted by atomic mass is 10.0. The molecule has 8 heteroatoms. The minimum Gasteiger partial charge on any atom is -0.289 e. The highest BCUT2D eigenvalue weighted by Crippen LogP contribution is 2.22. The zero-order valence-electron chi connectivity index (χ0n) is 10.7. The van der Waals surface area contributed by atoms with Gasteiger partial charge < -0.3 is 0 Å². The van der Waals surface area contributed by atoms with Gasteiger partial charge >= 0.3 is 10.2 Å². The van der Waals surface area contributed by atoms with Crippen LogP contribution in [-0.4, -0.2) is 28.1 Å². The highest BCUT2D eigenvalue weighted by Gasteiger charge is 2.21. The number of fused-ring (bicyclic) bond motifs is 1. The molecule has 0 saturated carbocycles. The maximum Gasteiger partial charge on any atom is 0.304 e. The Morgan fingerprint density at radius 1 is 1.19 bits per heavy atom. The zero-order chi connectivity index (χ0) is 15.0. The third-order valence-electron chi connectivity index (χ3n) is 2.99. The SMILES string of the molecule is NS(=O)(=O)n1cc(C(=O)c2ccccc2)c2cncnc21. The number of nitrogens with zero attached hydrogens (tertiary/aromatic N) is 3. The Balaban J connectivity index is 2.27. The van der Waals surface area contributed by atoms with Crippen LogP contribution in [0.5, 0.6) is 0 Å². The van der Waals surface area contributed by atoms with Gasteiger partial charge in [0.05, 0.1) is 5.56 Å². The number of nitrogens with two attached hydrogens (primary N) is 1. The summed E-state index contributed by atoms with van der Waals surface area (Å²) in [6, 6.07) is 8.52. The largest absolute Gasteiger partial charge is 0.304 e. The van der Waals surface area contributed by atoms with E-state index in [0.717, 1.165) is 3.97 Å². The number of benzene rings is 1. The fourth-order valence-electron chi connectivity index (χ4n) is 2.06. The van der Waals surface area contributed by atoms with Gasteiger partial charge in [-0.15, -0.1) is 0 Å². The third kappa shape index (κ3) is 2.30. The minimum atomic E-state index is -4.05. The first-order valence-electron chi connectivity index (χ1n) is 5.92. The molecule has 1 aromatic carbocycles. The van der Waals surface area contributed by atoms with Crippen LogP contribution in [0.25, 0.3) is 11.0 Å². The number of hydrogen-bond donors (Lipinski definition) is 1. The van der Waals surface area contributed by atoms with E-state index in [1.54, 1.807) is 30.3 Å². The van der Waals surface area contributed by atoms with Crippen molar-refractivity contribution in [2.24, 2.45) is 5.14 Å². The van der Waals surface area contributed by atoms with Gasteiger partial charge in [-0.25, -0.2) is 19.1 Å². The van der Waals surface area contributed by atoms with Gasteiger partial charge in [0.1, 0.15) is 6.33 Å². The predicted octanol–water partition coefficient (Wildman–Crippen LogP) is 0.714. The molecule has 2 N–H and O–H groups in total. The monoisotopic (exact) mass is 302 g/mol. The van der Waals surface area contributed by atoms with E-state index < -0.39 is 10.2 Å². The Labute approximate surface area is 120 Å². The summed E-state index contributed by atoms with van der Waals surface area (Å²) in [6.07, 6.45) is 3.75. The molecule has 7 nitrogen and oxygen atoms in total. The summed E-state index contributed by atoms with van der Waals surface area (Å²) in [4.78, 5) is 20.2. The van der Waals surface area contributed by atoms with Gasteiger partial charge in [0.25, 0.3) is 0 Å². The number of aromatic nitrogens is 3. The van der Waals surface area contributed by atoms with Gasteiger partial charge in [-0.05, 0) is 0 Å². The van der Waals surface area contributed by atoms with Crippen LogP contribution < -0.4 is 5.14 Å². The van der Waals surface area contributed by atoms with Crippen LogP contribution in [0.1, 0.15) is 15.9 Å². The summed E-state index contributed by atoms with van der Waals surface area (Å²) < 4.78 is 24.0. The van der Waals surface area contributed by atoms with Gasteiger partial charge in [0.15, 0.2) is 11.4 Å². The number of carbonyl (C=O) groups excluding carboxylic acids is 1. The Hall–Kier alpha value is -2.58. The number of hydrogen-bond acceptors (Lipinski definition) is 5. The van der Waals surface area contributed by atoms with Crippen LogP contribution in [-0.2, 0) is 10.2 Å². The van der Waals surface area contributed by atoms with Crippen LogP contribution in [0.2, 0.25) is 0 Å².